The topological polar surface area (TPSA) is 24.4 Å². The molecule has 3 heteroatoms. The molecule has 0 amide bonds. The molecule has 1 unspecified atom stereocenters. The second kappa shape index (κ2) is 5.28. The van der Waals surface area contributed by atoms with Crippen molar-refractivity contribution in [1.82, 2.24) is 5.32 Å². The first kappa shape index (κ1) is 13.2. The molecule has 104 valence electrons. The van der Waals surface area contributed by atoms with Crippen LogP contribution in [0.1, 0.15) is 57.4 Å². The van der Waals surface area contributed by atoms with E-state index in [-0.39, 0.29) is 5.54 Å². The van der Waals surface area contributed by atoms with Crippen molar-refractivity contribution >= 4 is 17.2 Å². The minimum atomic E-state index is 0.137. The molecule has 1 fully saturated rings. The van der Waals surface area contributed by atoms with Crippen LogP contribution in [0, 0.1) is 5.92 Å². The Morgan fingerprint density at radius 2 is 2.11 bits per heavy atom. The van der Waals surface area contributed by atoms with E-state index in [1.807, 2.05) is 11.3 Å². The molecule has 0 bridgehead atoms. The van der Waals surface area contributed by atoms with Gasteiger partial charge in [0.25, 0.3) is 0 Å². The van der Waals surface area contributed by atoms with Gasteiger partial charge in [0.15, 0.2) is 0 Å². The SMILES string of the molecule is CC1(C)CN=C(C(c2ccsc2)C2CCCCC2)N1. The van der Waals surface area contributed by atoms with Gasteiger partial charge in [0.2, 0.25) is 0 Å². The molecular weight excluding hydrogens is 252 g/mol. The molecule has 1 aliphatic heterocycles. The third-order valence-electron chi connectivity index (χ3n) is 4.43. The molecule has 1 aliphatic carbocycles. The molecule has 1 aromatic rings. The third kappa shape index (κ3) is 2.86. The minimum absolute atomic E-state index is 0.137. The van der Waals surface area contributed by atoms with Gasteiger partial charge in [-0.2, -0.15) is 11.3 Å². The molecule has 3 rings (SSSR count). The molecular formula is C16H24N2S. The maximum absolute atomic E-state index is 4.83. The van der Waals surface area contributed by atoms with E-state index >= 15 is 0 Å². The van der Waals surface area contributed by atoms with Crippen molar-refractivity contribution in [2.45, 2.75) is 57.4 Å². The summed E-state index contributed by atoms with van der Waals surface area (Å²) < 4.78 is 0. The fourth-order valence-electron chi connectivity index (χ4n) is 3.46. The van der Waals surface area contributed by atoms with Crippen LogP contribution < -0.4 is 5.32 Å². The third-order valence-corrected chi connectivity index (χ3v) is 5.13. The first-order valence-electron chi connectivity index (χ1n) is 7.50. The summed E-state index contributed by atoms with van der Waals surface area (Å²) in [7, 11) is 0. The molecule has 0 saturated heterocycles. The minimum Gasteiger partial charge on any atom is -0.367 e. The summed E-state index contributed by atoms with van der Waals surface area (Å²) in [6, 6.07) is 2.29. The molecule has 0 radical (unpaired) electrons. The number of amidine groups is 1. The van der Waals surface area contributed by atoms with Gasteiger partial charge in [0.1, 0.15) is 5.84 Å². The number of nitrogens with zero attached hydrogens (tertiary/aromatic N) is 1. The van der Waals surface area contributed by atoms with Crippen LogP contribution in [0.15, 0.2) is 21.8 Å². The highest BCUT2D eigenvalue weighted by Gasteiger charge is 2.35. The highest BCUT2D eigenvalue weighted by atomic mass is 32.1. The van der Waals surface area contributed by atoms with E-state index < -0.39 is 0 Å². The first-order valence-corrected chi connectivity index (χ1v) is 8.45. The number of nitrogens with one attached hydrogen (secondary N) is 1. The van der Waals surface area contributed by atoms with Crippen molar-refractivity contribution in [3.63, 3.8) is 0 Å². The van der Waals surface area contributed by atoms with Crippen LogP contribution in [-0.2, 0) is 0 Å². The second-order valence-corrected chi connectivity index (χ2v) is 7.42. The fraction of sp³-hybridized carbons (Fsp3) is 0.688. The Morgan fingerprint density at radius 3 is 2.68 bits per heavy atom. The predicted octanol–water partition coefficient (Wildman–Crippen LogP) is 4.19. The fourth-order valence-corrected chi connectivity index (χ4v) is 4.15. The van der Waals surface area contributed by atoms with Crippen LogP contribution in [0.3, 0.4) is 0 Å². The Labute approximate surface area is 120 Å². The molecule has 1 atom stereocenters. The maximum Gasteiger partial charge on any atom is 0.105 e. The van der Waals surface area contributed by atoms with Gasteiger partial charge in [-0.15, -0.1) is 0 Å². The van der Waals surface area contributed by atoms with Crippen molar-refractivity contribution in [3.05, 3.63) is 22.4 Å². The molecule has 1 N–H and O–H groups in total. The Hall–Kier alpha value is -0.830. The van der Waals surface area contributed by atoms with E-state index in [0.29, 0.717) is 5.92 Å². The largest absolute Gasteiger partial charge is 0.367 e. The quantitative estimate of drug-likeness (QED) is 0.879. The number of hydrogen-bond donors (Lipinski definition) is 1. The molecule has 2 nitrogen and oxygen atoms in total. The Kier molecular flexibility index (Phi) is 3.66. The summed E-state index contributed by atoms with van der Waals surface area (Å²) in [5.74, 6) is 2.53. The van der Waals surface area contributed by atoms with Gasteiger partial charge >= 0.3 is 0 Å². The molecule has 0 spiro atoms. The number of aliphatic imine (C=N–C) groups is 1. The molecule has 2 aliphatic rings. The van der Waals surface area contributed by atoms with Crippen LogP contribution in [0.25, 0.3) is 0 Å². The predicted molar refractivity (Wildman–Crippen MR) is 83.2 cm³/mol. The summed E-state index contributed by atoms with van der Waals surface area (Å²) in [6.07, 6.45) is 6.92. The van der Waals surface area contributed by atoms with Gasteiger partial charge in [-0.05, 0) is 55.0 Å². The zero-order chi connectivity index (χ0) is 13.3. The van der Waals surface area contributed by atoms with Crippen LogP contribution >= 0.6 is 11.3 Å². The average Bonchev–Trinajstić information content (AvgIpc) is 3.02. The molecule has 1 aromatic heterocycles. The smallest absolute Gasteiger partial charge is 0.105 e. The van der Waals surface area contributed by atoms with Gasteiger partial charge in [-0.3, -0.25) is 4.99 Å². The zero-order valence-corrected chi connectivity index (χ0v) is 12.8. The van der Waals surface area contributed by atoms with E-state index in [1.54, 1.807) is 0 Å². The lowest BCUT2D eigenvalue weighted by molar-refractivity contribution is 0.338. The van der Waals surface area contributed by atoms with Crippen molar-refractivity contribution in [2.75, 3.05) is 6.54 Å². The second-order valence-electron chi connectivity index (χ2n) is 6.64. The van der Waals surface area contributed by atoms with Crippen LogP contribution in [0.2, 0.25) is 0 Å². The van der Waals surface area contributed by atoms with Crippen molar-refractivity contribution < 1.29 is 0 Å². The highest BCUT2D eigenvalue weighted by Crippen LogP contribution is 2.38. The molecule has 2 heterocycles. The summed E-state index contributed by atoms with van der Waals surface area (Å²) >= 11 is 1.81. The number of rotatable bonds is 3. The van der Waals surface area contributed by atoms with Gasteiger partial charge in [-0.1, -0.05) is 19.3 Å². The summed E-state index contributed by atoms with van der Waals surface area (Å²) in [4.78, 5) is 4.83. The van der Waals surface area contributed by atoms with E-state index in [9.17, 15) is 0 Å². The monoisotopic (exact) mass is 276 g/mol. The lowest BCUT2D eigenvalue weighted by atomic mass is 9.76. The molecule has 19 heavy (non-hydrogen) atoms. The maximum atomic E-state index is 4.83. The van der Waals surface area contributed by atoms with Gasteiger partial charge in [0.05, 0.1) is 12.1 Å². The van der Waals surface area contributed by atoms with Crippen molar-refractivity contribution in [2.24, 2.45) is 10.9 Å². The Bertz CT molecular complexity index is 441. The number of thiophene rings is 1. The van der Waals surface area contributed by atoms with Gasteiger partial charge in [-0.25, -0.2) is 0 Å². The van der Waals surface area contributed by atoms with Crippen LogP contribution in [0.5, 0.6) is 0 Å². The lowest BCUT2D eigenvalue weighted by Gasteiger charge is -2.31. The van der Waals surface area contributed by atoms with Crippen LogP contribution in [0.4, 0.5) is 0 Å². The molecule has 1 saturated carbocycles. The van der Waals surface area contributed by atoms with E-state index in [2.05, 4.69) is 36.0 Å². The summed E-state index contributed by atoms with van der Waals surface area (Å²) in [6.45, 7) is 5.40. The first-order chi connectivity index (χ1) is 9.16. The molecule has 0 aromatic carbocycles. The summed E-state index contributed by atoms with van der Waals surface area (Å²) in [5.41, 5.74) is 1.61. The van der Waals surface area contributed by atoms with Crippen LogP contribution in [-0.4, -0.2) is 17.9 Å². The Balaban J connectivity index is 1.85. The van der Waals surface area contributed by atoms with E-state index in [1.165, 1.54) is 43.5 Å². The summed E-state index contributed by atoms with van der Waals surface area (Å²) in [5, 5.41) is 8.18. The van der Waals surface area contributed by atoms with Crippen molar-refractivity contribution in [1.29, 1.82) is 0 Å². The Morgan fingerprint density at radius 1 is 1.32 bits per heavy atom. The van der Waals surface area contributed by atoms with Gasteiger partial charge in [0, 0.05) is 5.92 Å². The van der Waals surface area contributed by atoms with Gasteiger partial charge < -0.3 is 5.32 Å². The lowest BCUT2D eigenvalue weighted by Crippen LogP contribution is -2.43. The van der Waals surface area contributed by atoms with E-state index in [4.69, 9.17) is 4.99 Å². The average molecular weight is 276 g/mol. The highest BCUT2D eigenvalue weighted by molar-refractivity contribution is 7.08. The number of hydrogen-bond acceptors (Lipinski definition) is 3. The van der Waals surface area contributed by atoms with Crippen molar-refractivity contribution in [3.8, 4) is 0 Å². The zero-order valence-electron chi connectivity index (χ0n) is 12.0. The standard InChI is InChI=1S/C16H24N2S/c1-16(2)11-17-15(18-16)14(13-8-9-19-10-13)12-6-4-3-5-7-12/h8-10,12,14H,3-7,11H2,1-2H3,(H,17,18). The normalized spacial score (nSPS) is 24.8. The van der Waals surface area contributed by atoms with E-state index in [0.717, 1.165) is 12.5 Å².